The van der Waals surface area contributed by atoms with E-state index in [1.807, 2.05) is 0 Å². The van der Waals surface area contributed by atoms with Crippen LogP contribution in [0.3, 0.4) is 0 Å². The number of fused-ring (bicyclic) bond motifs is 5. The van der Waals surface area contributed by atoms with E-state index in [4.69, 9.17) is 0 Å². The number of nitrogens with zero attached hydrogens (tertiary/aromatic N) is 2. The van der Waals surface area contributed by atoms with Gasteiger partial charge in [-0.15, -0.1) is 0 Å². The van der Waals surface area contributed by atoms with Gasteiger partial charge < -0.3 is 9.47 Å². The molecular formula is C68H46N2. The Morgan fingerprint density at radius 1 is 0.214 bits per heavy atom. The third kappa shape index (κ3) is 7.31. The van der Waals surface area contributed by atoms with E-state index in [2.05, 4.69) is 289 Å². The number of aromatic nitrogens is 1. The summed E-state index contributed by atoms with van der Waals surface area (Å²) in [5.74, 6) is 0. The standard InChI is InChI=1S/C68H46N2/c1-3-17-59-51(13-1)15-11-22-61(59)53-31-27-47(28-32-53)49-35-41-56(42-36-49)69(58-45-39-54(40-46-58)62-23-12-16-52-14-2-4-18-60(52)62)57-43-37-50(38-44-57)48-29-33-55(34-30-48)63-19-5-8-24-66(63)70-67-25-9-6-20-64(67)65-21-7-10-26-68(65)70/h1-46H. The largest absolute Gasteiger partial charge is 0.311 e. The molecule has 328 valence electrons. The molecule has 0 aliphatic carbocycles. The van der Waals surface area contributed by atoms with Gasteiger partial charge in [-0.05, 0) is 126 Å². The number of rotatable bonds is 9. The molecule has 0 saturated carbocycles. The summed E-state index contributed by atoms with van der Waals surface area (Å²) in [6.45, 7) is 0. The lowest BCUT2D eigenvalue weighted by Crippen LogP contribution is -2.09. The summed E-state index contributed by atoms with van der Waals surface area (Å²) in [7, 11) is 0. The highest BCUT2D eigenvalue weighted by molar-refractivity contribution is 6.10. The van der Waals surface area contributed by atoms with Gasteiger partial charge in [0.15, 0.2) is 0 Å². The van der Waals surface area contributed by atoms with E-state index < -0.39 is 0 Å². The second kappa shape index (κ2) is 17.4. The highest BCUT2D eigenvalue weighted by atomic mass is 15.1. The fourth-order valence-corrected chi connectivity index (χ4v) is 10.6. The van der Waals surface area contributed by atoms with E-state index in [1.54, 1.807) is 0 Å². The van der Waals surface area contributed by atoms with Crippen molar-refractivity contribution in [2.75, 3.05) is 4.90 Å². The van der Waals surface area contributed by atoms with Crippen LogP contribution in [0.25, 0.3) is 105 Å². The predicted molar refractivity (Wildman–Crippen MR) is 298 cm³/mol. The molecule has 12 aromatic carbocycles. The Morgan fingerprint density at radius 2 is 0.514 bits per heavy atom. The van der Waals surface area contributed by atoms with Crippen LogP contribution in [0, 0.1) is 0 Å². The number of hydrogen-bond acceptors (Lipinski definition) is 1. The SMILES string of the molecule is c1ccc(-n2c3ccccc3c3ccccc32)c(-c2ccc(-c3ccc(N(c4ccc(-c5ccc(-c6cccc7ccccc67)cc5)cc4)c4ccc(-c5cccc6ccccc56)cc4)cc3)cc2)c1. The molecule has 0 fully saturated rings. The van der Waals surface area contributed by atoms with Crippen LogP contribution in [0.4, 0.5) is 17.1 Å². The molecule has 2 heteroatoms. The predicted octanol–water partition coefficient (Wildman–Crippen LogP) is 18.9. The molecule has 13 rings (SSSR count). The number of para-hydroxylation sites is 3. The molecule has 0 bridgehead atoms. The van der Waals surface area contributed by atoms with Crippen LogP contribution in [0.5, 0.6) is 0 Å². The summed E-state index contributed by atoms with van der Waals surface area (Å²) in [6.07, 6.45) is 0. The molecule has 0 aliphatic rings. The smallest absolute Gasteiger partial charge is 0.0541 e. The lowest BCUT2D eigenvalue weighted by Gasteiger charge is -2.26. The minimum absolute atomic E-state index is 1.09. The summed E-state index contributed by atoms with van der Waals surface area (Å²) in [6, 6.07) is 102. The molecule has 1 heterocycles. The lowest BCUT2D eigenvalue weighted by atomic mass is 9.96. The number of anilines is 3. The maximum Gasteiger partial charge on any atom is 0.0541 e. The average molecular weight is 891 g/mol. The summed E-state index contributed by atoms with van der Waals surface area (Å²) in [5.41, 5.74) is 18.8. The molecule has 0 unspecified atom stereocenters. The molecule has 0 radical (unpaired) electrons. The molecule has 0 amide bonds. The van der Waals surface area contributed by atoms with Gasteiger partial charge in [0.1, 0.15) is 0 Å². The second-order valence-electron chi connectivity index (χ2n) is 18.1. The Kier molecular flexibility index (Phi) is 10.2. The van der Waals surface area contributed by atoms with Crippen molar-refractivity contribution >= 4 is 60.4 Å². The third-order valence-electron chi connectivity index (χ3n) is 14.1. The van der Waals surface area contributed by atoms with Crippen LogP contribution >= 0.6 is 0 Å². The Hall–Kier alpha value is -9.24. The maximum atomic E-state index is 2.41. The van der Waals surface area contributed by atoms with Gasteiger partial charge in [0.2, 0.25) is 0 Å². The fourth-order valence-electron chi connectivity index (χ4n) is 10.6. The summed E-state index contributed by atoms with van der Waals surface area (Å²) in [4.78, 5) is 2.36. The first-order valence-corrected chi connectivity index (χ1v) is 24.1. The van der Waals surface area contributed by atoms with Crippen LogP contribution < -0.4 is 4.90 Å². The molecule has 0 N–H and O–H groups in total. The van der Waals surface area contributed by atoms with Crippen LogP contribution in [0.1, 0.15) is 0 Å². The molecule has 1 aromatic heterocycles. The van der Waals surface area contributed by atoms with Crippen molar-refractivity contribution in [2.45, 2.75) is 0 Å². The van der Waals surface area contributed by atoms with Crippen molar-refractivity contribution in [1.29, 1.82) is 0 Å². The zero-order valence-corrected chi connectivity index (χ0v) is 38.5. The van der Waals surface area contributed by atoms with E-state index in [-0.39, 0.29) is 0 Å². The minimum atomic E-state index is 1.09. The summed E-state index contributed by atoms with van der Waals surface area (Å²) < 4.78 is 2.41. The molecule has 0 saturated heterocycles. The Balaban J connectivity index is 0.825. The molecule has 0 atom stereocenters. The quantitative estimate of drug-likeness (QED) is 0.140. The van der Waals surface area contributed by atoms with E-state index in [9.17, 15) is 0 Å². The van der Waals surface area contributed by atoms with Crippen LogP contribution in [0.2, 0.25) is 0 Å². The molecule has 13 aromatic rings. The monoisotopic (exact) mass is 890 g/mol. The van der Waals surface area contributed by atoms with Gasteiger partial charge in [-0.3, -0.25) is 0 Å². The number of hydrogen-bond donors (Lipinski definition) is 0. The first-order valence-electron chi connectivity index (χ1n) is 24.1. The van der Waals surface area contributed by atoms with Crippen molar-refractivity contribution in [2.24, 2.45) is 0 Å². The van der Waals surface area contributed by atoms with Crippen molar-refractivity contribution in [3.05, 3.63) is 279 Å². The molecule has 2 nitrogen and oxygen atoms in total. The molecule has 0 aliphatic heterocycles. The van der Waals surface area contributed by atoms with Crippen LogP contribution in [-0.4, -0.2) is 4.57 Å². The van der Waals surface area contributed by atoms with Gasteiger partial charge in [-0.25, -0.2) is 0 Å². The van der Waals surface area contributed by atoms with Crippen molar-refractivity contribution in [3.63, 3.8) is 0 Å². The fraction of sp³-hybridized carbons (Fsp3) is 0. The minimum Gasteiger partial charge on any atom is -0.311 e. The van der Waals surface area contributed by atoms with Crippen molar-refractivity contribution in [3.8, 4) is 61.3 Å². The summed E-state index contributed by atoms with van der Waals surface area (Å²) >= 11 is 0. The molecular weight excluding hydrogens is 845 g/mol. The molecule has 0 spiro atoms. The second-order valence-corrected chi connectivity index (χ2v) is 18.1. The third-order valence-corrected chi connectivity index (χ3v) is 14.1. The first-order chi connectivity index (χ1) is 34.7. The van der Waals surface area contributed by atoms with Gasteiger partial charge in [0.25, 0.3) is 0 Å². The Bertz CT molecular complexity index is 3950. The van der Waals surface area contributed by atoms with E-state index in [0.29, 0.717) is 0 Å². The Morgan fingerprint density at radius 3 is 0.971 bits per heavy atom. The lowest BCUT2D eigenvalue weighted by molar-refractivity contribution is 1.18. The summed E-state index contributed by atoms with van der Waals surface area (Å²) in [5, 5.41) is 7.55. The van der Waals surface area contributed by atoms with Gasteiger partial charge in [-0.1, -0.05) is 224 Å². The normalized spacial score (nSPS) is 11.4. The van der Waals surface area contributed by atoms with Gasteiger partial charge in [0, 0.05) is 33.4 Å². The van der Waals surface area contributed by atoms with Gasteiger partial charge in [-0.2, -0.15) is 0 Å². The van der Waals surface area contributed by atoms with Crippen molar-refractivity contribution in [1.82, 2.24) is 4.57 Å². The zero-order valence-electron chi connectivity index (χ0n) is 38.5. The molecule has 70 heavy (non-hydrogen) atoms. The van der Waals surface area contributed by atoms with Crippen LogP contribution in [0.15, 0.2) is 279 Å². The van der Waals surface area contributed by atoms with E-state index in [1.165, 1.54) is 105 Å². The topological polar surface area (TPSA) is 8.17 Å². The van der Waals surface area contributed by atoms with E-state index >= 15 is 0 Å². The van der Waals surface area contributed by atoms with Crippen LogP contribution in [-0.2, 0) is 0 Å². The van der Waals surface area contributed by atoms with Gasteiger partial charge >= 0.3 is 0 Å². The maximum absolute atomic E-state index is 2.41. The highest BCUT2D eigenvalue weighted by Gasteiger charge is 2.17. The van der Waals surface area contributed by atoms with E-state index in [0.717, 1.165) is 17.1 Å². The highest BCUT2D eigenvalue weighted by Crippen LogP contribution is 2.41. The first kappa shape index (κ1) is 41.0. The number of benzene rings is 12. The zero-order chi connectivity index (χ0) is 46.4. The Labute approximate surface area is 408 Å². The van der Waals surface area contributed by atoms with Gasteiger partial charge in [0.05, 0.1) is 16.7 Å². The average Bonchev–Trinajstić information content (AvgIpc) is 3.78. The van der Waals surface area contributed by atoms with Crippen molar-refractivity contribution < 1.29 is 0 Å².